The Morgan fingerprint density at radius 1 is 1.07 bits per heavy atom. The van der Waals surface area contributed by atoms with Crippen LogP contribution in [0.5, 0.6) is 5.75 Å². The summed E-state index contributed by atoms with van der Waals surface area (Å²) in [6, 6.07) is 2.50. The van der Waals surface area contributed by atoms with E-state index >= 15 is 0 Å². The standard InChI is InChI=1S/C39H54N6O11S/c1-10-19(4)32(40)37(51)45(9)27(18(2)3)16-29(55-22(7)47)36-44-26(17-57-36)33(48)42-24(13-20(5)38(52)53)14-23-11-12-28-25(15-23)43-35(50)30(21(6)46)31(34(49)41-8)39(54)56-28/h11-12,15,17-20,24,27,29-32H,10,13-14,16,40H2,1-9H3,(H,41,49)(H,42,48)(H,43,50)(H,52,53)/t19-,20?,24+,27+,29+,30?,31?,32-/m0/s1. The number of hydrogen-bond donors (Lipinski definition) is 5. The summed E-state index contributed by atoms with van der Waals surface area (Å²) in [5.41, 5.74) is 6.78. The second-order valence-electron chi connectivity index (χ2n) is 14.8. The number of carbonyl (C=O) groups is 8. The van der Waals surface area contributed by atoms with Crippen molar-refractivity contribution in [3.8, 4) is 5.75 Å². The van der Waals surface area contributed by atoms with Crippen LogP contribution in [-0.2, 0) is 44.7 Å². The largest absolute Gasteiger partial charge is 0.481 e. The van der Waals surface area contributed by atoms with Crippen molar-refractivity contribution in [1.82, 2.24) is 20.5 Å². The zero-order valence-corrected chi connectivity index (χ0v) is 34.6. The van der Waals surface area contributed by atoms with Gasteiger partial charge in [0, 0.05) is 44.9 Å². The number of fused-ring (bicyclic) bond motifs is 1. The van der Waals surface area contributed by atoms with Crippen LogP contribution in [0.15, 0.2) is 23.6 Å². The highest BCUT2D eigenvalue weighted by atomic mass is 32.1. The first-order valence-electron chi connectivity index (χ1n) is 18.8. The number of Topliss-reactive ketones (excluding diaryl/α,β-unsaturated/α-hetero) is 1. The quantitative estimate of drug-likeness (QED) is 0.0826. The van der Waals surface area contributed by atoms with Crippen molar-refractivity contribution >= 4 is 64.3 Å². The van der Waals surface area contributed by atoms with Gasteiger partial charge >= 0.3 is 17.9 Å². The van der Waals surface area contributed by atoms with Gasteiger partial charge in [0.2, 0.25) is 17.7 Å². The maximum atomic E-state index is 13.7. The second-order valence-corrected chi connectivity index (χ2v) is 15.7. The predicted octanol–water partition coefficient (Wildman–Crippen LogP) is 2.87. The molecule has 0 bridgehead atoms. The third-order valence-corrected chi connectivity index (χ3v) is 11.1. The molecule has 8 atom stereocenters. The molecule has 3 unspecified atom stereocenters. The van der Waals surface area contributed by atoms with E-state index in [-0.39, 0.29) is 54.1 Å². The van der Waals surface area contributed by atoms with Crippen molar-refractivity contribution < 1.29 is 52.9 Å². The third-order valence-electron chi connectivity index (χ3n) is 10.2. The summed E-state index contributed by atoms with van der Waals surface area (Å²) in [4.78, 5) is 108. The number of hydrogen-bond acceptors (Lipinski definition) is 13. The fourth-order valence-corrected chi connectivity index (χ4v) is 7.43. The molecular weight excluding hydrogens is 761 g/mol. The van der Waals surface area contributed by atoms with Gasteiger partial charge in [0.05, 0.1) is 17.6 Å². The number of esters is 2. The van der Waals surface area contributed by atoms with Crippen molar-refractivity contribution in [2.24, 2.45) is 35.3 Å². The molecule has 0 spiro atoms. The Labute approximate surface area is 335 Å². The van der Waals surface area contributed by atoms with Crippen LogP contribution in [0.3, 0.4) is 0 Å². The van der Waals surface area contributed by atoms with E-state index in [1.54, 1.807) is 18.0 Å². The smallest absolute Gasteiger partial charge is 0.325 e. The minimum Gasteiger partial charge on any atom is -0.481 e. The molecule has 1 aliphatic rings. The molecule has 0 radical (unpaired) electrons. The van der Waals surface area contributed by atoms with Crippen molar-refractivity contribution in [2.75, 3.05) is 19.4 Å². The minimum absolute atomic E-state index is 0.0113. The number of likely N-dealkylation sites (N-methyl/N-ethyl adjacent to an activating group) is 1. The number of carbonyl (C=O) groups excluding carboxylic acids is 7. The van der Waals surface area contributed by atoms with E-state index in [9.17, 15) is 43.5 Å². The van der Waals surface area contributed by atoms with Crippen LogP contribution in [0.2, 0.25) is 0 Å². The van der Waals surface area contributed by atoms with E-state index in [0.29, 0.717) is 10.6 Å². The fraction of sp³-hybridized carbons (Fsp3) is 0.564. The lowest BCUT2D eigenvalue weighted by molar-refractivity contribution is -0.153. The lowest BCUT2D eigenvalue weighted by atomic mass is 9.86. The van der Waals surface area contributed by atoms with E-state index in [4.69, 9.17) is 15.2 Å². The summed E-state index contributed by atoms with van der Waals surface area (Å²) in [5.74, 6) is -10.6. The summed E-state index contributed by atoms with van der Waals surface area (Å²) in [5, 5.41) is 19.2. The summed E-state index contributed by atoms with van der Waals surface area (Å²) < 4.78 is 11.1. The monoisotopic (exact) mass is 814 g/mol. The number of nitrogens with one attached hydrogen (secondary N) is 3. The highest BCUT2D eigenvalue weighted by molar-refractivity contribution is 7.09. The Morgan fingerprint density at radius 2 is 1.74 bits per heavy atom. The van der Waals surface area contributed by atoms with Gasteiger partial charge in [-0.2, -0.15) is 0 Å². The van der Waals surface area contributed by atoms with Crippen LogP contribution >= 0.6 is 11.3 Å². The van der Waals surface area contributed by atoms with Crippen LogP contribution in [-0.4, -0.2) is 94.5 Å². The summed E-state index contributed by atoms with van der Waals surface area (Å²) >= 11 is 1.09. The number of ether oxygens (including phenoxy) is 2. The van der Waals surface area contributed by atoms with Gasteiger partial charge in [-0.15, -0.1) is 11.3 Å². The van der Waals surface area contributed by atoms with E-state index in [2.05, 4.69) is 20.9 Å². The zero-order valence-electron chi connectivity index (χ0n) is 33.7. The van der Waals surface area contributed by atoms with E-state index in [1.807, 2.05) is 27.7 Å². The molecule has 0 saturated heterocycles. The van der Waals surface area contributed by atoms with Crippen LogP contribution in [0.1, 0.15) is 94.9 Å². The van der Waals surface area contributed by atoms with Crippen LogP contribution in [0.4, 0.5) is 5.69 Å². The van der Waals surface area contributed by atoms with Gasteiger partial charge in [0.1, 0.15) is 22.4 Å². The zero-order chi connectivity index (χ0) is 42.9. The maximum absolute atomic E-state index is 13.7. The normalized spacial score (nSPS) is 18.5. The van der Waals surface area contributed by atoms with Crippen molar-refractivity contribution in [3.05, 3.63) is 39.8 Å². The van der Waals surface area contributed by atoms with Crippen molar-refractivity contribution in [2.45, 2.75) is 98.4 Å². The van der Waals surface area contributed by atoms with E-state index in [0.717, 1.165) is 24.7 Å². The number of nitrogens with two attached hydrogens (primary N) is 1. The molecule has 0 saturated carbocycles. The number of carboxylic acids is 1. The lowest BCUT2D eigenvalue weighted by Crippen LogP contribution is -2.51. The Bertz CT molecular complexity index is 1850. The van der Waals surface area contributed by atoms with Gasteiger partial charge in [0.15, 0.2) is 17.8 Å². The topological polar surface area (TPSA) is 253 Å². The van der Waals surface area contributed by atoms with Gasteiger partial charge in [-0.25, -0.2) is 4.98 Å². The Morgan fingerprint density at radius 3 is 2.30 bits per heavy atom. The Kier molecular flexibility index (Phi) is 16.4. The van der Waals surface area contributed by atoms with Gasteiger partial charge in [-0.3, -0.25) is 38.4 Å². The molecule has 1 aromatic heterocycles. The first kappa shape index (κ1) is 46.2. The number of anilines is 1. The van der Waals surface area contributed by atoms with E-state index in [1.165, 1.54) is 38.4 Å². The summed E-state index contributed by atoms with van der Waals surface area (Å²) in [7, 11) is 2.92. The second kappa shape index (κ2) is 20.3. The van der Waals surface area contributed by atoms with Gasteiger partial charge < -0.3 is 41.2 Å². The van der Waals surface area contributed by atoms with Crippen molar-refractivity contribution in [1.29, 1.82) is 0 Å². The number of thiazole rings is 1. The number of benzene rings is 1. The first-order chi connectivity index (χ1) is 26.7. The van der Waals surface area contributed by atoms with Gasteiger partial charge in [-0.05, 0) is 49.3 Å². The summed E-state index contributed by atoms with van der Waals surface area (Å²) in [6.45, 7) is 11.5. The number of ketones is 1. The van der Waals surface area contributed by atoms with Gasteiger partial charge in [-0.1, -0.05) is 47.1 Å². The Balaban J connectivity index is 1.90. The number of nitrogens with zero attached hydrogens (tertiary/aromatic N) is 2. The molecular formula is C39H54N6O11S. The molecule has 1 aliphatic heterocycles. The van der Waals surface area contributed by atoms with Gasteiger partial charge in [0.25, 0.3) is 5.91 Å². The molecule has 3 rings (SSSR count). The highest BCUT2D eigenvalue weighted by Gasteiger charge is 2.45. The average Bonchev–Trinajstić information content (AvgIpc) is 3.64. The molecule has 312 valence electrons. The number of aromatic nitrogens is 1. The van der Waals surface area contributed by atoms with Crippen LogP contribution in [0.25, 0.3) is 0 Å². The highest BCUT2D eigenvalue weighted by Crippen LogP contribution is 2.33. The average molecular weight is 815 g/mol. The predicted molar refractivity (Wildman–Crippen MR) is 209 cm³/mol. The number of amides is 4. The maximum Gasteiger partial charge on any atom is 0.325 e. The molecule has 0 aliphatic carbocycles. The lowest BCUT2D eigenvalue weighted by Gasteiger charge is -2.35. The number of rotatable bonds is 18. The molecule has 4 amide bonds. The fourth-order valence-electron chi connectivity index (χ4n) is 6.59. The third kappa shape index (κ3) is 11.9. The molecule has 6 N–H and O–H groups in total. The van der Waals surface area contributed by atoms with Crippen LogP contribution in [0, 0.1) is 29.6 Å². The molecule has 57 heavy (non-hydrogen) atoms. The van der Waals surface area contributed by atoms with Crippen molar-refractivity contribution in [3.63, 3.8) is 0 Å². The number of carboxylic acid groups (broad SMARTS) is 1. The molecule has 17 nitrogen and oxygen atoms in total. The van der Waals surface area contributed by atoms with E-state index < -0.39 is 83.4 Å². The molecule has 2 aromatic rings. The minimum atomic E-state index is -1.71. The summed E-state index contributed by atoms with van der Waals surface area (Å²) in [6.07, 6.45) is 0.0451. The molecule has 18 heteroatoms. The molecule has 2 heterocycles. The van der Waals surface area contributed by atoms with Crippen LogP contribution < -0.4 is 26.4 Å². The molecule has 1 aromatic carbocycles. The Hall–Kier alpha value is -5.23. The first-order valence-corrected chi connectivity index (χ1v) is 19.6. The molecule has 0 fully saturated rings. The number of aliphatic carboxylic acids is 1. The SMILES string of the molecule is CC[C@H](C)[C@H](N)C(=O)N(C)[C@H](C[C@@H](OC(C)=O)c1nc(C(=O)N[C@@H](Cc2ccc3c(c2)NC(=O)C(C(C)=O)C(C(=O)NC)C(=O)O3)CC(C)C(=O)O)cs1)C(C)C.